The highest BCUT2D eigenvalue weighted by molar-refractivity contribution is 8.04. The van der Waals surface area contributed by atoms with Crippen LogP contribution in [0.2, 0.25) is 0 Å². The number of carbonyl (C=O) groups excluding carboxylic acids is 1. The Balaban J connectivity index is 2.06. The molecule has 0 saturated carbocycles. The number of phenolic OH excluding ortho intramolecular Hbond substituents is 1. The summed E-state index contributed by atoms with van der Waals surface area (Å²) >= 11 is 3.33. The third-order valence-electron chi connectivity index (χ3n) is 6.69. The average Bonchev–Trinajstić information content (AvgIpc) is 3.17. The Morgan fingerprint density at radius 2 is 1.76 bits per heavy atom. The predicted octanol–water partition coefficient (Wildman–Crippen LogP) is 5.78. The van der Waals surface area contributed by atoms with E-state index < -0.39 is 16.9 Å². The SMILES string of the molecule is CCCc1c(OCCSCC2(CC)SC(CCC(=O)O)(CCC(=O)O)OC2CC)ccc(C(C)=O)c1O. The molecule has 1 fully saturated rings. The number of aromatic hydroxyl groups is 1. The first-order chi connectivity index (χ1) is 17.5. The van der Waals surface area contributed by atoms with Crippen LogP contribution in [0.15, 0.2) is 12.1 Å². The Morgan fingerprint density at radius 3 is 2.27 bits per heavy atom. The van der Waals surface area contributed by atoms with Crippen molar-refractivity contribution in [1.29, 1.82) is 0 Å². The first kappa shape index (κ1) is 31.3. The fraction of sp³-hybridized carbons (Fsp3) is 0.667. The van der Waals surface area contributed by atoms with Crippen LogP contribution in [0.5, 0.6) is 11.5 Å². The molecular formula is C27H40O8S2. The van der Waals surface area contributed by atoms with Crippen LogP contribution in [-0.2, 0) is 20.7 Å². The van der Waals surface area contributed by atoms with Gasteiger partial charge in [-0.15, -0.1) is 11.8 Å². The molecule has 1 aromatic rings. The number of ether oxygens (including phenoxy) is 2. The first-order valence-electron chi connectivity index (χ1n) is 12.9. The summed E-state index contributed by atoms with van der Waals surface area (Å²) < 4.78 is 12.2. The number of ketones is 1. The molecule has 8 nitrogen and oxygen atoms in total. The minimum absolute atomic E-state index is 0.00575. The zero-order valence-corrected chi connectivity index (χ0v) is 23.8. The lowest BCUT2D eigenvalue weighted by Crippen LogP contribution is -2.37. The maximum Gasteiger partial charge on any atom is 0.303 e. The molecule has 0 aromatic heterocycles. The van der Waals surface area contributed by atoms with Gasteiger partial charge in [0.05, 0.1) is 23.0 Å². The summed E-state index contributed by atoms with van der Waals surface area (Å²) in [6.45, 7) is 7.99. The van der Waals surface area contributed by atoms with Crippen LogP contribution in [0, 0.1) is 0 Å². The van der Waals surface area contributed by atoms with Crippen molar-refractivity contribution in [1.82, 2.24) is 0 Å². The minimum atomic E-state index is -0.919. The van der Waals surface area contributed by atoms with Gasteiger partial charge in [0.25, 0.3) is 0 Å². The molecule has 2 atom stereocenters. The molecule has 10 heteroatoms. The average molecular weight is 557 g/mol. The highest BCUT2D eigenvalue weighted by Gasteiger charge is 2.54. The van der Waals surface area contributed by atoms with Gasteiger partial charge in [0.2, 0.25) is 0 Å². The van der Waals surface area contributed by atoms with E-state index >= 15 is 0 Å². The monoisotopic (exact) mass is 556 g/mol. The van der Waals surface area contributed by atoms with E-state index in [0.29, 0.717) is 35.7 Å². The minimum Gasteiger partial charge on any atom is -0.507 e. The lowest BCUT2D eigenvalue weighted by molar-refractivity contribution is -0.139. The summed E-state index contributed by atoms with van der Waals surface area (Å²) in [4.78, 5) is 33.5. The van der Waals surface area contributed by atoms with Gasteiger partial charge in [-0.25, -0.2) is 0 Å². The van der Waals surface area contributed by atoms with Crippen molar-refractivity contribution in [2.45, 2.75) is 94.8 Å². The standard InChI is InChI=1S/C27H40O8S2/c1-5-8-20-21(10-9-19(18(4)28)25(20)33)34-15-16-36-17-26(7-3)22(6-2)35-27(37-26,13-11-23(29)30)14-12-24(31)32/h9-10,22,33H,5-8,11-17H2,1-4H3,(H,29,30)(H,31,32). The van der Waals surface area contributed by atoms with Crippen LogP contribution >= 0.6 is 23.5 Å². The number of hydrogen-bond donors (Lipinski definition) is 3. The molecule has 1 saturated heterocycles. The number of carbonyl (C=O) groups is 3. The molecule has 1 aliphatic heterocycles. The number of benzene rings is 1. The first-order valence-corrected chi connectivity index (χ1v) is 14.9. The van der Waals surface area contributed by atoms with Crippen LogP contribution < -0.4 is 4.74 Å². The normalized spacial score (nSPS) is 20.6. The number of phenols is 1. The molecule has 0 amide bonds. The molecule has 2 rings (SSSR count). The molecule has 0 bridgehead atoms. The third-order valence-corrected chi connectivity index (χ3v) is 10.0. The molecule has 0 aliphatic carbocycles. The molecule has 3 N–H and O–H groups in total. The van der Waals surface area contributed by atoms with Crippen molar-refractivity contribution in [2.75, 3.05) is 18.1 Å². The molecule has 37 heavy (non-hydrogen) atoms. The number of carboxylic acid groups (broad SMARTS) is 2. The summed E-state index contributed by atoms with van der Waals surface area (Å²) in [6, 6.07) is 3.34. The Hall–Kier alpha value is -1.91. The lowest BCUT2D eigenvalue weighted by Gasteiger charge is -2.32. The van der Waals surface area contributed by atoms with Crippen LogP contribution in [0.25, 0.3) is 0 Å². The highest BCUT2D eigenvalue weighted by atomic mass is 32.2. The van der Waals surface area contributed by atoms with Crippen molar-refractivity contribution in [2.24, 2.45) is 0 Å². The van der Waals surface area contributed by atoms with Crippen molar-refractivity contribution in [3.05, 3.63) is 23.3 Å². The van der Waals surface area contributed by atoms with Crippen LogP contribution in [-0.4, -0.2) is 66.9 Å². The molecular weight excluding hydrogens is 516 g/mol. The zero-order chi connectivity index (χ0) is 27.6. The van der Waals surface area contributed by atoms with E-state index in [9.17, 15) is 29.7 Å². The number of Topliss-reactive ketones (excluding diaryl/α,β-unsaturated/α-hetero) is 1. The second-order valence-corrected chi connectivity index (χ2v) is 12.2. The fourth-order valence-electron chi connectivity index (χ4n) is 4.73. The Bertz CT molecular complexity index is 933. The van der Waals surface area contributed by atoms with Gasteiger partial charge in [-0.1, -0.05) is 27.2 Å². The number of carboxylic acids is 2. The molecule has 208 valence electrons. The third kappa shape index (κ3) is 8.29. The van der Waals surface area contributed by atoms with E-state index in [-0.39, 0.29) is 48.1 Å². The van der Waals surface area contributed by atoms with Gasteiger partial charge in [-0.05, 0) is 51.2 Å². The summed E-state index contributed by atoms with van der Waals surface area (Å²) in [5, 5.41) is 29.1. The predicted molar refractivity (Wildman–Crippen MR) is 147 cm³/mol. The summed E-state index contributed by atoms with van der Waals surface area (Å²) in [5.74, 6) is 0.00154. The van der Waals surface area contributed by atoms with Gasteiger partial charge in [0, 0.05) is 29.9 Å². The van der Waals surface area contributed by atoms with Gasteiger partial charge in [0.15, 0.2) is 5.78 Å². The van der Waals surface area contributed by atoms with Crippen molar-refractivity contribution in [3.8, 4) is 11.5 Å². The molecule has 1 aliphatic rings. The number of hydrogen-bond acceptors (Lipinski definition) is 8. The molecule has 0 spiro atoms. The van der Waals surface area contributed by atoms with Gasteiger partial charge >= 0.3 is 11.9 Å². The topological polar surface area (TPSA) is 130 Å². The van der Waals surface area contributed by atoms with Gasteiger partial charge in [-0.2, -0.15) is 11.8 Å². The fourth-order valence-corrected chi connectivity index (χ4v) is 8.10. The van der Waals surface area contributed by atoms with Gasteiger partial charge in [0.1, 0.15) is 16.4 Å². The maximum atomic E-state index is 11.8. The summed E-state index contributed by atoms with van der Waals surface area (Å²) in [7, 11) is 0. The quantitative estimate of drug-likeness (QED) is 0.160. The van der Waals surface area contributed by atoms with Crippen molar-refractivity contribution >= 4 is 41.2 Å². The summed E-state index contributed by atoms with van der Waals surface area (Å²) in [6.07, 6.45) is 3.27. The smallest absolute Gasteiger partial charge is 0.303 e. The molecule has 0 radical (unpaired) electrons. The van der Waals surface area contributed by atoms with Gasteiger partial charge < -0.3 is 24.8 Å². The molecule has 1 heterocycles. The number of aliphatic carboxylic acids is 2. The zero-order valence-electron chi connectivity index (χ0n) is 22.2. The second-order valence-electron chi connectivity index (χ2n) is 9.38. The molecule has 1 aromatic carbocycles. The van der Waals surface area contributed by atoms with E-state index in [1.54, 1.807) is 35.7 Å². The Morgan fingerprint density at radius 1 is 1.11 bits per heavy atom. The lowest BCUT2D eigenvalue weighted by atomic mass is 9.98. The van der Waals surface area contributed by atoms with Crippen LogP contribution in [0.4, 0.5) is 0 Å². The second kappa shape index (κ2) is 14.3. The van der Waals surface area contributed by atoms with Crippen molar-refractivity contribution < 1.29 is 39.2 Å². The van der Waals surface area contributed by atoms with E-state index in [4.69, 9.17) is 9.47 Å². The highest BCUT2D eigenvalue weighted by Crippen LogP contribution is 2.57. The maximum absolute atomic E-state index is 11.8. The van der Waals surface area contributed by atoms with Crippen LogP contribution in [0.3, 0.4) is 0 Å². The van der Waals surface area contributed by atoms with Crippen molar-refractivity contribution in [3.63, 3.8) is 0 Å². The largest absolute Gasteiger partial charge is 0.507 e. The van der Waals surface area contributed by atoms with Crippen LogP contribution in [0.1, 0.15) is 88.6 Å². The number of thioether (sulfide) groups is 2. The number of rotatable bonds is 17. The van der Waals surface area contributed by atoms with E-state index in [1.807, 2.05) is 13.8 Å². The van der Waals surface area contributed by atoms with Gasteiger partial charge in [-0.3, -0.25) is 14.4 Å². The Kier molecular flexibility index (Phi) is 12.1. The Labute approximate surface area is 227 Å². The molecule has 2 unspecified atom stereocenters. The summed E-state index contributed by atoms with van der Waals surface area (Å²) in [5.41, 5.74) is 0.950. The van der Waals surface area contributed by atoms with E-state index in [1.165, 1.54) is 6.92 Å². The van der Waals surface area contributed by atoms with E-state index in [0.717, 1.165) is 25.0 Å². The van der Waals surface area contributed by atoms with E-state index in [2.05, 4.69) is 6.92 Å².